The average molecular weight is 234 g/mol. The average Bonchev–Trinajstić information content (AvgIpc) is 2.27. The van der Waals surface area contributed by atoms with Gasteiger partial charge in [0, 0.05) is 12.6 Å². The smallest absolute Gasteiger partial charge is 0.305 e. The van der Waals surface area contributed by atoms with E-state index in [2.05, 4.69) is 4.98 Å². The molecular formula is C11H10N2O4. The molecule has 0 saturated carbocycles. The maximum Gasteiger partial charge on any atom is 0.305 e. The van der Waals surface area contributed by atoms with Crippen LogP contribution in [0.4, 0.5) is 0 Å². The SMILES string of the molecule is O=C(O)CCn1cnc2cc(O)ccc2c1=O. The number of phenols is 1. The van der Waals surface area contributed by atoms with Crippen molar-refractivity contribution in [3.8, 4) is 5.75 Å². The summed E-state index contributed by atoms with van der Waals surface area (Å²) in [5.41, 5.74) is 0.0813. The number of aryl methyl sites for hydroxylation is 1. The molecule has 1 aromatic carbocycles. The van der Waals surface area contributed by atoms with Gasteiger partial charge in [0.25, 0.3) is 5.56 Å². The molecule has 1 aromatic heterocycles. The van der Waals surface area contributed by atoms with Crippen molar-refractivity contribution < 1.29 is 15.0 Å². The van der Waals surface area contributed by atoms with E-state index in [1.165, 1.54) is 29.1 Å². The minimum Gasteiger partial charge on any atom is -0.508 e. The molecule has 88 valence electrons. The second-order valence-electron chi connectivity index (χ2n) is 3.59. The normalized spacial score (nSPS) is 10.6. The summed E-state index contributed by atoms with van der Waals surface area (Å²) in [5.74, 6) is -0.935. The fourth-order valence-electron chi connectivity index (χ4n) is 1.52. The van der Waals surface area contributed by atoms with E-state index in [0.29, 0.717) is 10.9 Å². The molecule has 0 aliphatic rings. The molecule has 0 aliphatic carbocycles. The Labute approximate surface area is 95.8 Å². The number of carbonyl (C=O) groups is 1. The number of rotatable bonds is 3. The molecule has 0 bridgehead atoms. The molecule has 1 heterocycles. The van der Waals surface area contributed by atoms with Crippen LogP contribution in [0.2, 0.25) is 0 Å². The quantitative estimate of drug-likeness (QED) is 0.810. The molecule has 2 rings (SSSR count). The van der Waals surface area contributed by atoms with Crippen LogP contribution in [-0.4, -0.2) is 25.7 Å². The maximum atomic E-state index is 11.9. The Morgan fingerprint density at radius 3 is 2.88 bits per heavy atom. The van der Waals surface area contributed by atoms with Crippen molar-refractivity contribution in [1.29, 1.82) is 0 Å². The highest BCUT2D eigenvalue weighted by Gasteiger charge is 2.06. The number of nitrogens with zero attached hydrogens (tertiary/aromatic N) is 2. The lowest BCUT2D eigenvalue weighted by atomic mass is 10.2. The van der Waals surface area contributed by atoms with Crippen molar-refractivity contribution in [3.63, 3.8) is 0 Å². The summed E-state index contributed by atoms with van der Waals surface area (Å²) in [6, 6.07) is 4.25. The van der Waals surface area contributed by atoms with Gasteiger partial charge in [0.1, 0.15) is 5.75 Å². The van der Waals surface area contributed by atoms with Crippen LogP contribution < -0.4 is 5.56 Å². The number of aromatic nitrogens is 2. The van der Waals surface area contributed by atoms with Crippen LogP contribution in [-0.2, 0) is 11.3 Å². The molecule has 0 unspecified atom stereocenters. The van der Waals surface area contributed by atoms with Gasteiger partial charge >= 0.3 is 5.97 Å². The number of carboxylic acids is 1. The number of fused-ring (bicyclic) bond motifs is 1. The Kier molecular flexibility index (Phi) is 2.78. The largest absolute Gasteiger partial charge is 0.508 e. The Balaban J connectivity index is 2.47. The summed E-state index contributed by atoms with van der Waals surface area (Å²) in [6.07, 6.45) is 1.15. The Bertz CT molecular complexity index is 633. The van der Waals surface area contributed by atoms with Gasteiger partial charge in [-0.05, 0) is 12.1 Å². The van der Waals surface area contributed by atoms with Crippen molar-refractivity contribution in [3.05, 3.63) is 34.9 Å². The van der Waals surface area contributed by atoms with Crippen LogP contribution in [0, 0.1) is 0 Å². The van der Waals surface area contributed by atoms with Crippen LogP contribution in [0.15, 0.2) is 29.3 Å². The molecule has 0 fully saturated rings. The van der Waals surface area contributed by atoms with E-state index in [4.69, 9.17) is 5.11 Å². The van der Waals surface area contributed by atoms with Crippen LogP contribution in [0.3, 0.4) is 0 Å². The third-order valence-electron chi connectivity index (χ3n) is 2.38. The van der Waals surface area contributed by atoms with Gasteiger partial charge in [-0.25, -0.2) is 4.98 Å². The van der Waals surface area contributed by atoms with Crippen molar-refractivity contribution in [2.75, 3.05) is 0 Å². The molecular weight excluding hydrogens is 224 g/mol. The highest BCUT2D eigenvalue weighted by Crippen LogP contribution is 2.14. The van der Waals surface area contributed by atoms with Crippen molar-refractivity contribution >= 4 is 16.9 Å². The third-order valence-corrected chi connectivity index (χ3v) is 2.38. The second kappa shape index (κ2) is 4.25. The van der Waals surface area contributed by atoms with Gasteiger partial charge in [0.05, 0.1) is 23.7 Å². The number of carboxylic acid groups (broad SMARTS) is 1. The summed E-state index contributed by atoms with van der Waals surface area (Å²) in [4.78, 5) is 26.3. The number of hydrogen-bond donors (Lipinski definition) is 2. The van der Waals surface area contributed by atoms with Crippen molar-refractivity contribution in [2.45, 2.75) is 13.0 Å². The van der Waals surface area contributed by atoms with Gasteiger partial charge in [0.15, 0.2) is 0 Å². The molecule has 0 atom stereocenters. The topological polar surface area (TPSA) is 92.4 Å². The summed E-state index contributed by atoms with van der Waals surface area (Å²) in [7, 11) is 0. The predicted octanol–water partition coefficient (Wildman–Crippen LogP) is 0.577. The van der Waals surface area contributed by atoms with E-state index in [0.717, 1.165) is 0 Å². The van der Waals surface area contributed by atoms with Crippen LogP contribution in [0.25, 0.3) is 10.9 Å². The Morgan fingerprint density at radius 1 is 1.41 bits per heavy atom. The Morgan fingerprint density at radius 2 is 2.18 bits per heavy atom. The number of hydrogen-bond acceptors (Lipinski definition) is 4. The molecule has 6 nitrogen and oxygen atoms in total. The molecule has 2 aromatic rings. The van der Waals surface area contributed by atoms with E-state index in [1.807, 2.05) is 0 Å². The number of aromatic hydroxyl groups is 1. The predicted molar refractivity (Wildman–Crippen MR) is 59.9 cm³/mol. The van der Waals surface area contributed by atoms with Gasteiger partial charge in [-0.3, -0.25) is 14.2 Å². The highest BCUT2D eigenvalue weighted by molar-refractivity contribution is 5.78. The molecule has 6 heteroatoms. The summed E-state index contributed by atoms with van der Waals surface area (Å²) in [6.45, 7) is 0.0813. The molecule has 0 radical (unpaired) electrons. The maximum absolute atomic E-state index is 11.9. The third kappa shape index (κ3) is 2.25. The van der Waals surface area contributed by atoms with Gasteiger partial charge < -0.3 is 10.2 Å². The van der Waals surface area contributed by atoms with Gasteiger partial charge in [-0.2, -0.15) is 0 Å². The zero-order valence-electron chi connectivity index (χ0n) is 8.83. The van der Waals surface area contributed by atoms with E-state index in [-0.39, 0.29) is 24.3 Å². The highest BCUT2D eigenvalue weighted by atomic mass is 16.4. The molecule has 0 spiro atoms. The first-order chi connectivity index (χ1) is 8.08. The van der Waals surface area contributed by atoms with Crippen LogP contribution in [0.1, 0.15) is 6.42 Å². The number of benzene rings is 1. The zero-order valence-corrected chi connectivity index (χ0v) is 8.83. The van der Waals surface area contributed by atoms with E-state index < -0.39 is 5.97 Å². The standard InChI is InChI=1S/C11H10N2O4/c14-7-1-2-8-9(5-7)12-6-13(11(8)17)4-3-10(15)16/h1-2,5-6,14H,3-4H2,(H,15,16). The zero-order chi connectivity index (χ0) is 12.4. The molecule has 2 N–H and O–H groups in total. The van der Waals surface area contributed by atoms with Gasteiger partial charge in [-0.1, -0.05) is 0 Å². The van der Waals surface area contributed by atoms with E-state index in [1.54, 1.807) is 0 Å². The first kappa shape index (κ1) is 11.1. The summed E-state index contributed by atoms with van der Waals surface area (Å²) < 4.78 is 1.24. The molecule has 0 amide bonds. The molecule has 0 aliphatic heterocycles. The van der Waals surface area contributed by atoms with Gasteiger partial charge in [0.2, 0.25) is 0 Å². The van der Waals surface area contributed by atoms with Crippen molar-refractivity contribution in [1.82, 2.24) is 9.55 Å². The first-order valence-electron chi connectivity index (χ1n) is 4.98. The van der Waals surface area contributed by atoms with Crippen molar-refractivity contribution in [2.24, 2.45) is 0 Å². The lowest BCUT2D eigenvalue weighted by Crippen LogP contribution is -2.21. The molecule has 17 heavy (non-hydrogen) atoms. The second-order valence-corrected chi connectivity index (χ2v) is 3.59. The summed E-state index contributed by atoms with van der Waals surface area (Å²) >= 11 is 0. The van der Waals surface area contributed by atoms with Gasteiger partial charge in [-0.15, -0.1) is 0 Å². The minimum atomic E-state index is -0.970. The van der Waals surface area contributed by atoms with E-state index in [9.17, 15) is 14.7 Å². The van der Waals surface area contributed by atoms with Crippen LogP contribution >= 0.6 is 0 Å². The first-order valence-corrected chi connectivity index (χ1v) is 4.98. The minimum absolute atomic E-state index is 0.0349. The fourth-order valence-corrected chi connectivity index (χ4v) is 1.52. The number of aliphatic carboxylic acids is 1. The Hall–Kier alpha value is -2.37. The number of phenolic OH excluding ortho intramolecular Hbond substituents is 1. The molecule has 0 saturated heterocycles. The lowest BCUT2D eigenvalue weighted by Gasteiger charge is -2.04. The van der Waals surface area contributed by atoms with E-state index >= 15 is 0 Å². The van der Waals surface area contributed by atoms with Crippen LogP contribution in [0.5, 0.6) is 5.75 Å². The lowest BCUT2D eigenvalue weighted by molar-refractivity contribution is -0.137. The monoisotopic (exact) mass is 234 g/mol. The fraction of sp³-hybridized carbons (Fsp3) is 0.182. The summed E-state index contributed by atoms with van der Waals surface area (Å²) in [5, 5.41) is 18.1.